The predicted octanol–water partition coefficient (Wildman–Crippen LogP) is 0.0782. The van der Waals surface area contributed by atoms with Crippen molar-refractivity contribution in [1.82, 2.24) is 10.2 Å². The summed E-state index contributed by atoms with van der Waals surface area (Å²) >= 11 is 0. The lowest BCUT2D eigenvalue weighted by Crippen LogP contribution is -2.48. The number of ether oxygens (including phenoxy) is 1. The average Bonchev–Trinajstić information content (AvgIpc) is 2.46. The number of piperidine rings is 1. The van der Waals surface area contributed by atoms with E-state index >= 15 is 0 Å². The molecule has 19 heavy (non-hydrogen) atoms. The molecule has 2 aliphatic rings. The molecule has 1 unspecified atom stereocenters. The standard InChI is InChI=1S/C13H22N2O4/c16-12(2-1-10-3-5-14-6-4-10)15-7-8-19-11(9-15)13(17)18/h10-11,14H,1-9H2,(H,17,18). The van der Waals surface area contributed by atoms with Gasteiger partial charge in [-0.15, -0.1) is 0 Å². The number of carboxylic acids is 1. The fourth-order valence-corrected chi connectivity index (χ4v) is 2.68. The molecule has 6 nitrogen and oxygen atoms in total. The molecule has 2 saturated heterocycles. The van der Waals surface area contributed by atoms with Gasteiger partial charge in [-0.05, 0) is 38.3 Å². The number of carbonyl (C=O) groups is 2. The summed E-state index contributed by atoms with van der Waals surface area (Å²) in [5.74, 6) is -0.301. The number of carboxylic acid groups (broad SMARTS) is 1. The Hall–Kier alpha value is -1.14. The largest absolute Gasteiger partial charge is 0.479 e. The fourth-order valence-electron chi connectivity index (χ4n) is 2.68. The summed E-state index contributed by atoms with van der Waals surface area (Å²) in [4.78, 5) is 24.6. The highest BCUT2D eigenvalue weighted by atomic mass is 16.5. The van der Waals surface area contributed by atoms with Crippen LogP contribution in [-0.4, -0.2) is 60.8 Å². The quantitative estimate of drug-likeness (QED) is 0.756. The van der Waals surface area contributed by atoms with E-state index in [1.54, 1.807) is 4.90 Å². The third-order valence-corrected chi connectivity index (χ3v) is 3.92. The molecule has 2 rings (SSSR count). The van der Waals surface area contributed by atoms with Crippen LogP contribution in [0.3, 0.4) is 0 Å². The molecule has 0 aliphatic carbocycles. The first-order chi connectivity index (χ1) is 9.16. The SMILES string of the molecule is O=C(O)C1CN(C(=O)CCC2CCNCC2)CCO1. The van der Waals surface area contributed by atoms with E-state index in [4.69, 9.17) is 9.84 Å². The van der Waals surface area contributed by atoms with Crippen molar-refractivity contribution in [3.05, 3.63) is 0 Å². The number of hydrogen-bond acceptors (Lipinski definition) is 4. The van der Waals surface area contributed by atoms with Crippen molar-refractivity contribution in [3.8, 4) is 0 Å². The van der Waals surface area contributed by atoms with Crippen LogP contribution in [0.1, 0.15) is 25.7 Å². The molecule has 0 radical (unpaired) electrons. The molecule has 6 heteroatoms. The third kappa shape index (κ3) is 4.18. The van der Waals surface area contributed by atoms with Crippen molar-refractivity contribution in [2.75, 3.05) is 32.8 Å². The van der Waals surface area contributed by atoms with Crippen LogP contribution in [0, 0.1) is 5.92 Å². The maximum atomic E-state index is 12.1. The van der Waals surface area contributed by atoms with Crippen molar-refractivity contribution >= 4 is 11.9 Å². The van der Waals surface area contributed by atoms with Gasteiger partial charge in [-0.2, -0.15) is 0 Å². The van der Waals surface area contributed by atoms with Crippen molar-refractivity contribution < 1.29 is 19.4 Å². The van der Waals surface area contributed by atoms with E-state index in [1.165, 1.54) is 0 Å². The number of rotatable bonds is 4. The molecular weight excluding hydrogens is 248 g/mol. The van der Waals surface area contributed by atoms with Crippen LogP contribution in [0.15, 0.2) is 0 Å². The third-order valence-electron chi connectivity index (χ3n) is 3.92. The summed E-state index contributed by atoms with van der Waals surface area (Å²) in [6.07, 6.45) is 2.84. The summed E-state index contributed by atoms with van der Waals surface area (Å²) < 4.78 is 5.11. The Bertz CT molecular complexity index is 329. The fraction of sp³-hybridized carbons (Fsp3) is 0.846. The summed E-state index contributed by atoms with van der Waals surface area (Å²) in [5, 5.41) is 12.2. The van der Waals surface area contributed by atoms with Crippen LogP contribution in [0.2, 0.25) is 0 Å². The van der Waals surface area contributed by atoms with E-state index in [9.17, 15) is 9.59 Å². The maximum absolute atomic E-state index is 12.1. The second kappa shape index (κ2) is 6.86. The van der Waals surface area contributed by atoms with Gasteiger partial charge in [0.25, 0.3) is 0 Å². The van der Waals surface area contributed by atoms with Gasteiger partial charge in [0.1, 0.15) is 0 Å². The van der Waals surface area contributed by atoms with Gasteiger partial charge in [-0.1, -0.05) is 0 Å². The minimum Gasteiger partial charge on any atom is -0.479 e. The lowest BCUT2D eigenvalue weighted by Gasteiger charge is -2.31. The van der Waals surface area contributed by atoms with Gasteiger partial charge in [0, 0.05) is 13.0 Å². The Balaban J connectivity index is 1.74. The maximum Gasteiger partial charge on any atom is 0.334 e. The van der Waals surface area contributed by atoms with Crippen LogP contribution in [0.25, 0.3) is 0 Å². The zero-order valence-electron chi connectivity index (χ0n) is 11.1. The van der Waals surface area contributed by atoms with Gasteiger partial charge < -0.3 is 20.1 Å². The van der Waals surface area contributed by atoms with Gasteiger partial charge in [-0.3, -0.25) is 4.79 Å². The lowest BCUT2D eigenvalue weighted by molar-refractivity contribution is -0.159. The Labute approximate surface area is 113 Å². The Kier molecular flexibility index (Phi) is 5.15. The normalized spacial score (nSPS) is 25.3. The first-order valence-electron chi connectivity index (χ1n) is 6.99. The van der Waals surface area contributed by atoms with Crippen molar-refractivity contribution in [3.63, 3.8) is 0 Å². The van der Waals surface area contributed by atoms with E-state index in [0.717, 1.165) is 32.4 Å². The Morgan fingerprint density at radius 1 is 1.32 bits per heavy atom. The molecule has 0 aromatic carbocycles. The monoisotopic (exact) mass is 270 g/mol. The molecule has 0 saturated carbocycles. The molecular formula is C13H22N2O4. The van der Waals surface area contributed by atoms with E-state index in [2.05, 4.69) is 5.32 Å². The minimum absolute atomic E-state index is 0.0630. The van der Waals surface area contributed by atoms with E-state index < -0.39 is 12.1 Å². The van der Waals surface area contributed by atoms with Crippen LogP contribution in [0.5, 0.6) is 0 Å². The van der Waals surface area contributed by atoms with Crippen LogP contribution in [-0.2, 0) is 14.3 Å². The molecule has 1 amide bonds. The second-order valence-corrected chi connectivity index (χ2v) is 5.27. The molecule has 2 N–H and O–H groups in total. The molecule has 0 bridgehead atoms. The van der Waals surface area contributed by atoms with Gasteiger partial charge in [0.05, 0.1) is 13.2 Å². The number of nitrogens with one attached hydrogen (secondary N) is 1. The van der Waals surface area contributed by atoms with Gasteiger partial charge in [0.2, 0.25) is 5.91 Å². The molecule has 2 heterocycles. The topological polar surface area (TPSA) is 78.9 Å². The van der Waals surface area contributed by atoms with Crippen molar-refractivity contribution in [2.24, 2.45) is 5.92 Å². The number of hydrogen-bond donors (Lipinski definition) is 2. The lowest BCUT2D eigenvalue weighted by atomic mass is 9.93. The average molecular weight is 270 g/mol. The number of amides is 1. The number of carbonyl (C=O) groups excluding carboxylic acids is 1. The summed E-state index contributed by atoms with van der Waals surface area (Å²) in [5.41, 5.74) is 0. The second-order valence-electron chi connectivity index (χ2n) is 5.27. The Morgan fingerprint density at radius 3 is 2.74 bits per heavy atom. The number of morpholine rings is 1. The molecule has 108 valence electrons. The molecule has 1 atom stereocenters. The number of aliphatic carboxylic acids is 1. The van der Waals surface area contributed by atoms with E-state index in [-0.39, 0.29) is 12.5 Å². The van der Waals surface area contributed by atoms with Gasteiger partial charge >= 0.3 is 5.97 Å². The van der Waals surface area contributed by atoms with Crippen molar-refractivity contribution in [1.29, 1.82) is 0 Å². The molecule has 0 aromatic rings. The molecule has 0 aromatic heterocycles. The summed E-state index contributed by atoms with van der Waals surface area (Å²) in [7, 11) is 0. The minimum atomic E-state index is -0.990. The highest BCUT2D eigenvalue weighted by Crippen LogP contribution is 2.19. The van der Waals surface area contributed by atoms with Crippen molar-refractivity contribution in [2.45, 2.75) is 31.8 Å². The zero-order chi connectivity index (χ0) is 13.7. The smallest absolute Gasteiger partial charge is 0.334 e. The van der Waals surface area contributed by atoms with Crippen LogP contribution >= 0.6 is 0 Å². The summed E-state index contributed by atoms with van der Waals surface area (Å²) in [6, 6.07) is 0. The van der Waals surface area contributed by atoms with Gasteiger partial charge in [0.15, 0.2) is 6.10 Å². The Morgan fingerprint density at radius 2 is 2.05 bits per heavy atom. The molecule has 2 aliphatic heterocycles. The van der Waals surface area contributed by atoms with Gasteiger partial charge in [-0.25, -0.2) is 4.79 Å². The van der Waals surface area contributed by atoms with E-state index in [1.807, 2.05) is 0 Å². The zero-order valence-corrected chi connectivity index (χ0v) is 11.1. The van der Waals surface area contributed by atoms with E-state index in [0.29, 0.717) is 25.5 Å². The first-order valence-corrected chi connectivity index (χ1v) is 6.99. The van der Waals surface area contributed by atoms with Crippen LogP contribution in [0.4, 0.5) is 0 Å². The van der Waals surface area contributed by atoms with Crippen LogP contribution < -0.4 is 5.32 Å². The highest BCUT2D eigenvalue weighted by molar-refractivity contribution is 5.78. The predicted molar refractivity (Wildman–Crippen MR) is 68.8 cm³/mol. The summed E-state index contributed by atoms with van der Waals surface area (Å²) in [6.45, 7) is 3.08. The first kappa shape index (κ1) is 14.3. The molecule has 0 spiro atoms. The molecule has 2 fully saturated rings. The number of nitrogens with zero attached hydrogens (tertiary/aromatic N) is 1. The highest BCUT2D eigenvalue weighted by Gasteiger charge is 2.29.